The number of hydrogen-bond donors (Lipinski definition) is 1. The molecule has 152 valence electrons. The van der Waals surface area contributed by atoms with Gasteiger partial charge < -0.3 is 14.8 Å². The first-order chi connectivity index (χ1) is 14.7. The minimum absolute atomic E-state index is 0.493. The van der Waals surface area contributed by atoms with Gasteiger partial charge in [0.2, 0.25) is 0 Å². The SMILES string of the molecule is CCOc1cc(CNc2cccc3ccccc23)cc(Br)c1OCc1ccccc1. The van der Waals surface area contributed by atoms with Gasteiger partial charge in [-0.2, -0.15) is 0 Å². The Morgan fingerprint density at radius 3 is 2.40 bits per heavy atom. The highest BCUT2D eigenvalue weighted by Gasteiger charge is 2.13. The number of benzene rings is 4. The predicted octanol–water partition coefficient (Wildman–Crippen LogP) is 7.19. The number of ether oxygens (including phenoxy) is 2. The molecule has 1 N–H and O–H groups in total. The standard InChI is InChI=1S/C26H24BrNO2/c1-2-29-25-16-20(15-23(27)26(25)30-18-19-9-4-3-5-10-19)17-28-24-14-8-12-21-11-6-7-13-22(21)24/h3-16,28H,2,17-18H2,1H3. The van der Waals surface area contributed by atoms with Crippen molar-refractivity contribution < 1.29 is 9.47 Å². The van der Waals surface area contributed by atoms with E-state index in [1.807, 2.05) is 31.2 Å². The zero-order chi connectivity index (χ0) is 20.8. The summed E-state index contributed by atoms with van der Waals surface area (Å²) >= 11 is 3.67. The van der Waals surface area contributed by atoms with Crippen molar-refractivity contribution in [2.24, 2.45) is 0 Å². The van der Waals surface area contributed by atoms with Crippen molar-refractivity contribution in [3.63, 3.8) is 0 Å². The Bertz CT molecular complexity index is 1120. The van der Waals surface area contributed by atoms with Gasteiger partial charge in [-0.15, -0.1) is 0 Å². The highest BCUT2D eigenvalue weighted by Crippen LogP contribution is 2.38. The molecule has 4 heteroatoms. The zero-order valence-corrected chi connectivity index (χ0v) is 18.5. The topological polar surface area (TPSA) is 30.5 Å². The highest BCUT2D eigenvalue weighted by atomic mass is 79.9. The first-order valence-electron chi connectivity index (χ1n) is 10.1. The van der Waals surface area contributed by atoms with Crippen LogP contribution in [0.25, 0.3) is 10.8 Å². The Morgan fingerprint density at radius 2 is 1.57 bits per heavy atom. The maximum Gasteiger partial charge on any atom is 0.175 e. The third-order valence-corrected chi connectivity index (χ3v) is 5.46. The normalized spacial score (nSPS) is 10.7. The number of halogens is 1. The lowest BCUT2D eigenvalue weighted by Crippen LogP contribution is -2.04. The molecule has 0 aliphatic rings. The molecule has 0 spiro atoms. The first-order valence-corrected chi connectivity index (χ1v) is 10.9. The lowest BCUT2D eigenvalue weighted by atomic mass is 10.1. The van der Waals surface area contributed by atoms with Gasteiger partial charge in [-0.1, -0.05) is 66.7 Å². The molecule has 4 rings (SSSR count). The summed E-state index contributed by atoms with van der Waals surface area (Å²) in [5, 5.41) is 6.00. The van der Waals surface area contributed by atoms with Gasteiger partial charge >= 0.3 is 0 Å². The summed E-state index contributed by atoms with van der Waals surface area (Å²) in [4.78, 5) is 0. The molecule has 4 aromatic carbocycles. The minimum atomic E-state index is 0.493. The van der Waals surface area contributed by atoms with Gasteiger partial charge in [0.15, 0.2) is 11.5 Å². The van der Waals surface area contributed by atoms with E-state index >= 15 is 0 Å². The van der Waals surface area contributed by atoms with E-state index in [0.29, 0.717) is 19.8 Å². The summed E-state index contributed by atoms with van der Waals surface area (Å²) in [6.45, 7) is 3.74. The van der Waals surface area contributed by atoms with Crippen LogP contribution in [0.2, 0.25) is 0 Å². The first kappa shape index (κ1) is 20.3. The van der Waals surface area contributed by atoms with Crippen molar-refractivity contribution in [2.45, 2.75) is 20.1 Å². The van der Waals surface area contributed by atoms with E-state index < -0.39 is 0 Å². The quantitative estimate of drug-likeness (QED) is 0.301. The fourth-order valence-electron chi connectivity index (χ4n) is 3.43. The second-order valence-corrected chi connectivity index (χ2v) is 7.85. The van der Waals surface area contributed by atoms with Gasteiger partial charge in [-0.05, 0) is 57.6 Å². The highest BCUT2D eigenvalue weighted by molar-refractivity contribution is 9.10. The molecule has 0 saturated heterocycles. The average Bonchev–Trinajstić information content (AvgIpc) is 2.78. The molecule has 0 heterocycles. The van der Waals surface area contributed by atoms with Crippen molar-refractivity contribution in [2.75, 3.05) is 11.9 Å². The van der Waals surface area contributed by atoms with E-state index in [1.54, 1.807) is 0 Å². The molecular formula is C26H24BrNO2. The molecule has 0 atom stereocenters. The number of fused-ring (bicyclic) bond motifs is 1. The summed E-state index contributed by atoms with van der Waals surface area (Å²) in [5.41, 5.74) is 3.35. The molecule has 0 amide bonds. The monoisotopic (exact) mass is 461 g/mol. The predicted molar refractivity (Wildman–Crippen MR) is 127 cm³/mol. The smallest absolute Gasteiger partial charge is 0.175 e. The maximum atomic E-state index is 6.09. The summed E-state index contributed by atoms with van der Waals surface area (Å²) in [7, 11) is 0. The van der Waals surface area contributed by atoms with E-state index in [4.69, 9.17) is 9.47 Å². The largest absolute Gasteiger partial charge is 0.490 e. The molecule has 4 aromatic rings. The second kappa shape index (κ2) is 9.68. The molecule has 0 bridgehead atoms. The van der Waals surface area contributed by atoms with Gasteiger partial charge in [-0.25, -0.2) is 0 Å². The van der Waals surface area contributed by atoms with Crippen LogP contribution >= 0.6 is 15.9 Å². The molecule has 30 heavy (non-hydrogen) atoms. The van der Waals surface area contributed by atoms with Crippen LogP contribution < -0.4 is 14.8 Å². The molecule has 0 aliphatic carbocycles. The van der Waals surface area contributed by atoms with E-state index in [2.05, 4.69) is 81.9 Å². The van der Waals surface area contributed by atoms with E-state index in [1.165, 1.54) is 10.8 Å². The van der Waals surface area contributed by atoms with Crippen molar-refractivity contribution in [1.29, 1.82) is 0 Å². The number of hydrogen-bond acceptors (Lipinski definition) is 3. The Kier molecular flexibility index (Phi) is 6.55. The molecule has 0 fully saturated rings. The van der Waals surface area contributed by atoms with Crippen LogP contribution in [0.4, 0.5) is 5.69 Å². The fraction of sp³-hybridized carbons (Fsp3) is 0.154. The number of anilines is 1. The Labute approximate surface area is 185 Å². The van der Waals surface area contributed by atoms with E-state index in [0.717, 1.165) is 32.8 Å². The second-order valence-electron chi connectivity index (χ2n) is 6.99. The molecular weight excluding hydrogens is 438 g/mol. The average molecular weight is 462 g/mol. The lowest BCUT2D eigenvalue weighted by Gasteiger charge is -2.16. The minimum Gasteiger partial charge on any atom is -0.490 e. The molecule has 0 radical (unpaired) electrons. The van der Waals surface area contributed by atoms with Crippen LogP contribution in [0.1, 0.15) is 18.1 Å². The third-order valence-electron chi connectivity index (χ3n) is 4.87. The summed E-state index contributed by atoms with van der Waals surface area (Å²) in [6.07, 6.45) is 0. The Balaban J connectivity index is 1.53. The van der Waals surface area contributed by atoms with Gasteiger partial charge in [0.05, 0.1) is 11.1 Å². The maximum absolute atomic E-state index is 6.09. The van der Waals surface area contributed by atoms with Crippen LogP contribution in [0.3, 0.4) is 0 Å². The number of nitrogens with one attached hydrogen (secondary N) is 1. The molecule has 0 aromatic heterocycles. The molecule has 0 saturated carbocycles. The van der Waals surface area contributed by atoms with Crippen LogP contribution in [-0.4, -0.2) is 6.61 Å². The van der Waals surface area contributed by atoms with Crippen molar-refractivity contribution >= 4 is 32.4 Å². The van der Waals surface area contributed by atoms with Crippen molar-refractivity contribution in [3.05, 3.63) is 101 Å². The van der Waals surface area contributed by atoms with Crippen LogP contribution in [0, 0.1) is 0 Å². The Hall–Kier alpha value is -2.98. The van der Waals surface area contributed by atoms with Crippen LogP contribution in [0.15, 0.2) is 89.4 Å². The fourth-order valence-corrected chi connectivity index (χ4v) is 4.04. The lowest BCUT2D eigenvalue weighted by molar-refractivity contribution is 0.267. The summed E-state index contributed by atoms with van der Waals surface area (Å²) in [6, 6.07) is 29.0. The van der Waals surface area contributed by atoms with Gasteiger partial charge in [0, 0.05) is 17.6 Å². The number of rotatable bonds is 8. The van der Waals surface area contributed by atoms with Crippen molar-refractivity contribution in [1.82, 2.24) is 0 Å². The van der Waals surface area contributed by atoms with Gasteiger partial charge in [0.25, 0.3) is 0 Å². The molecule has 0 aliphatic heterocycles. The Morgan fingerprint density at radius 1 is 0.800 bits per heavy atom. The van der Waals surface area contributed by atoms with Gasteiger partial charge in [0.1, 0.15) is 6.61 Å². The summed E-state index contributed by atoms with van der Waals surface area (Å²) in [5.74, 6) is 1.48. The van der Waals surface area contributed by atoms with Crippen LogP contribution in [-0.2, 0) is 13.2 Å². The summed E-state index contributed by atoms with van der Waals surface area (Å²) < 4.78 is 12.9. The van der Waals surface area contributed by atoms with Crippen molar-refractivity contribution in [3.8, 4) is 11.5 Å². The van der Waals surface area contributed by atoms with Crippen LogP contribution in [0.5, 0.6) is 11.5 Å². The molecule has 3 nitrogen and oxygen atoms in total. The third kappa shape index (κ3) is 4.77. The van der Waals surface area contributed by atoms with E-state index in [-0.39, 0.29) is 0 Å². The zero-order valence-electron chi connectivity index (χ0n) is 16.9. The van der Waals surface area contributed by atoms with Gasteiger partial charge in [-0.3, -0.25) is 0 Å². The molecule has 0 unspecified atom stereocenters. The van der Waals surface area contributed by atoms with E-state index in [9.17, 15) is 0 Å².